The van der Waals surface area contributed by atoms with Crippen LogP contribution in [0.25, 0.3) is 10.8 Å². The lowest BCUT2D eigenvalue weighted by molar-refractivity contribution is -0.119. The quantitative estimate of drug-likeness (QED) is 0.328. The van der Waals surface area contributed by atoms with Gasteiger partial charge in [-0.05, 0) is 39.6 Å². The van der Waals surface area contributed by atoms with Crippen LogP contribution >= 0.6 is 0 Å². The van der Waals surface area contributed by atoms with Crippen molar-refractivity contribution in [3.63, 3.8) is 0 Å². The Balaban J connectivity index is 0.00000158. The molecule has 34 heavy (non-hydrogen) atoms. The van der Waals surface area contributed by atoms with Crippen molar-refractivity contribution in [3.05, 3.63) is 119 Å². The fraction of sp³-hybridized carbons (Fsp3) is 0.200. The van der Waals surface area contributed by atoms with Gasteiger partial charge in [0, 0.05) is 13.0 Å². The van der Waals surface area contributed by atoms with E-state index in [1.165, 1.54) is 0 Å². The first-order valence-electron chi connectivity index (χ1n) is 11.7. The van der Waals surface area contributed by atoms with Crippen LogP contribution in [-0.2, 0) is 22.6 Å². The number of hydrogen-bond donors (Lipinski definition) is 1. The van der Waals surface area contributed by atoms with Gasteiger partial charge >= 0.3 is 5.97 Å². The average Bonchev–Trinajstić information content (AvgIpc) is 2.90. The first kappa shape index (κ1) is 24.9. The van der Waals surface area contributed by atoms with Gasteiger partial charge in [-0.3, -0.25) is 4.79 Å². The number of carbonyl (C=O) groups excluding carboxylic acids is 2. The number of hydrogen-bond acceptors (Lipinski definition) is 4. The lowest BCUT2D eigenvalue weighted by atomic mass is 9.90. The highest BCUT2D eigenvalue weighted by Crippen LogP contribution is 2.21. The molecule has 4 heteroatoms. The predicted octanol–water partition coefficient (Wildman–Crippen LogP) is 6.08. The van der Waals surface area contributed by atoms with Crippen LogP contribution in [0.4, 0.5) is 0 Å². The largest absolute Gasteiger partial charge is 0.457 e. The van der Waals surface area contributed by atoms with Gasteiger partial charge in [0.2, 0.25) is 0 Å². The standard InChI is InChI=1S/C28H25NO3.C2H6/c29-18-26(27(30)17-21-12-13-22-6-4-5-9-25(22)16-21)23-14-10-20(11-15-23)19-32-28(31)24-7-2-1-3-8-24;1-2/h1-16,26H,17-19,29H2;1-2H3. The van der Waals surface area contributed by atoms with E-state index in [0.717, 1.165) is 27.5 Å². The lowest BCUT2D eigenvalue weighted by Crippen LogP contribution is -2.23. The van der Waals surface area contributed by atoms with E-state index in [1.807, 2.05) is 74.5 Å². The van der Waals surface area contributed by atoms with Crippen molar-refractivity contribution in [2.45, 2.75) is 32.8 Å². The number of rotatable bonds is 8. The summed E-state index contributed by atoms with van der Waals surface area (Å²) in [7, 11) is 0. The normalized spacial score (nSPS) is 11.3. The van der Waals surface area contributed by atoms with Gasteiger partial charge in [0.1, 0.15) is 12.4 Å². The highest BCUT2D eigenvalue weighted by molar-refractivity contribution is 5.90. The number of carbonyl (C=O) groups is 2. The van der Waals surface area contributed by atoms with Crippen LogP contribution in [0, 0.1) is 0 Å². The Bertz CT molecular complexity index is 1220. The second-order valence-electron chi connectivity index (χ2n) is 7.80. The van der Waals surface area contributed by atoms with E-state index in [-0.39, 0.29) is 30.8 Å². The monoisotopic (exact) mass is 453 g/mol. The Morgan fingerprint density at radius 3 is 2.06 bits per heavy atom. The Labute approximate surface area is 201 Å². The molecule has 1 unspecified atom stereocenters. The van der Waals surface area contributed by atoms with Crippen LogP contribution in [0.3, 0.4) is 0 Å². The summed E-state index contributed by atoms with van der Waals surface area (Å²) in [5.41, 5.74) is 9.19. The van der Waals surface area contributed by atoms with Gasteiger partial charge in [-0.15, -0.1) is 0 Å². The SMILES string of the molecule is CC.NCC(C(=O)Cc1ccc2ccccc2c1)c1ccc(COC(=O)c2ccccc2)cc1. The van der Waals surface area contributed by atoms with Crippen LogP contribution in [0.2, 0.25) is 0 Å². The molecule has 1 atom stereocenters. The van der Waals surface area contributed by atoms with E-state index in [2.05, 4.69) is 12.1 Å². The molecule has 0 bridgehead atoms. The number of nitrogens with two attached hydrogens (primary N) is 1. The van der Waals surface area contributed by atoms with E-state index >= 15 is 0 Å². The maximum atomic E-state index is 13.0. The molecular weight excluding hydrogens is 422 g/mol. The average molecular weight is 454 g/mol. The molecule has 0 heterocycles. The van der Waals surface area contributed by atoms with Gasteiger partial charge in [0.25, 0.3) is 0 Å². The van der Waals surface area contributed by atoms with Crippen LogP contribution < -0.4 is 5.73 Å². The van der Waals surface area contributed by atoms with Crippen molar-refractivity contribution in [3.8, 4) is 0 Å². The van der Waals surface area contributed by atoms with Gasteiger partial charge in [0.05, 0.1) is 11.5 Å². The van der Waals surface area contributed by atoms with Crippen molar-refractivity contribution in [2.75, 3.05) is 6.54 Å². The summed E-state index contributed by atoms with van der Waals surface area (Å²) < 4.78 is 5.37. The number of ketones is 1. The summed E-state index contributed by atoms with van der Waals surface area (Å²) in [6.07, 6.45) is 0.336. The number of esters is 1. The maximum Gasteiger partial charge on any atom is 0.338 e. The number of ether oxygens (including phenoxy) is 1. The van der Waals surface area contributed by atoms with E-state index < -0.39 is 0 Å². The molecule has 0 amide bonds. The minimum Gasteiger partial charge on any atom is -0.457 e. The third-order valence-corrected chi connectivity index (χ3v) is 5.58. The molecule has 0 aliphatic rings. The highest BCUT2D eigenvalue weighted by atomic mass is 16.5. The van der Waals surface area contributed by atoms with Gasteiger partial charge in [-0.25, -0.2) is 4.79 Å². The van der Waals surface area contributed by atoms with Gasteiger partial charge in [-0.1, -0.05) is 98.8 Å². The van der Waals surface area contributed by atoms with Crippen molar-refractivity contribution >= 4 is 22.5 Å². The number of Topliss-reactive ketones (excluding diaryl/α,β-unsaturated/α-hetero) is 1. The molecule has 4 nitrogen and oxygen atoms in total. The first-order valence-corrected chi connectivity index (χ1v) is 11.7. The van der Waals surface area contributed by atoms with Crippen LogP contribution in [0.5, 0.6) is 0 Å². The minimum atomic E-state index is -0.373. The van der Waals surface area contributed by atoms with Crippen LogP contribution in [0.1, 0.15) is 46.8 Å². The number of benzene rings is 4. The van der Waals surface area contributed by atoms with E-state index in [0.29, 0.717) is 12.0 Å². The molecule has 2 N–H and O–H groups in total. The van der Waals surface area contributed by atoms with Crippen LogP contribution in [0.15, 0.2) is 97.1 Å². The third kappa shape index (κ3) is 6.40. The van der Waals surface area contributed by atoms with Crippen molar-refractivity contribution in [2.24, 2.45) is 5.73 Å². The topological polar surface area (TPSA) is 69.4 Å². The summed E-state index contributed by atoms with van der Waals surface area (Å²) in [4.78, 5) is 25.1. The fourth-order valence-electron chi connectivity index (χ4n) is 3.78. The molecule has 0 radical (unpaired) electrons. The molecule has 4 aromatic carbocycles. The molecule has 0 saturated carbocycles. The Morgan fingerprint density at radius 1 is 0.765 bits per heavy atom. The molecule has 0 aliphatic heterocycles. The smallest absolute Gasteiger partial charge is 0.338 e. The lowest BCUT2D eigenvalue weighted by Gasteiger charge is -2.15. The van der Waals surface area contributed by atoms with Crippen molar-refractivity contribution in [1.29, 1.82) is 0 Å². The summed E-state index contributed by atoms with van der Waals surface area (Å²) >= 11 is 0. The highest BCUT2D eigenvalue weighted by Gasteiger charge is 2.19. The Kier molecular flexibility index (Phi) is 9.12. The summed E-state index contributed by atoms with van der Waals surface area (Å²) in [5.74, 6) is -0.645. The summed E-state index contributed by atoms with van der Waals surface area (Å²) in [5, 5.41) is 2.28. The van der Waals surface area contributed by atoms with Crippen LogP contribution in [-0.4, -0.2) is 18.3 Å². The molecule has 0 aliphatic carbocycles. The van der Waals surface area contributed by atoms with Gasteiger partial charge in [0.15, 0.2) is 0 Å². The molecule has 174 valence electrons. The molecule has 4 rings (SSSR count). The molecule has 4 aromatic rings. The first-order chi connectivity index (χ1) is 16.6. The zero-order valence-electron chi connectivity index (χ0n) is 19.7. The second-order valence-corrected chi connectivity index (χ2v) is 7.80. The maximum absolute atomic E-state index is 13.0. The molecule has 0 fully saturated rings. The van der Waals surface area contributed by atoms with E-state index in [1.54, 1.807) is 24.3 Å². The third-order valence-electron chi connectivity index (χ3n) is 5.58. The Hall–Kier alpha value is -3.76. The van der Waals surface area contributed by atoms with Crippen molar-refractivity contribution < 1.29 is 14.3 Å². The van der Waals surface area contributed by atoms with Gasteiger partial charge < -0.3 is 10.5 Å². The minimum absolute atomic E-state index is 0.0889. The zero-order valence-corrected chi connectivity index (χ0v) is 19.7. The zero-order chi connectivity index (χ0) is 24.3. The second kappa shape index (κ2) is 12.5. The molecule has 0 saturated heterocycles. The molecule has 0 spiro atoms. The van der Waals surface area contributed by atoms with Gasteiger partial charge in [-0.2, -0.15) is 0 Å². The Morgan fingerprint density at radius 2 is 1.38 bits per heavy atom. The predicted molar refractivity (Wildman–Crippen MR) is 138 cm³/mol. The van der Waals surface area contributed by atoms with E-state index in [9.17, 15) is 9.59 Å². The number of fused-ring (bicyclic) bond motifs is 1. The fourth-order valence-corrected chi connectivity index (χ4v) is 3.78. The molecule has 0 aromatic heterocycles. The van der Waals surface area contributed by atoms with E-state index in [4.69, 9.17) is 10.5 Å². The van der Waals surface area contributed by atoms with Crippen molar-refractivity contribution in [1.82, 2.24) is 0 Å². The summed E-state index contributed by atoms with van der Waals surface area (Å²) in [6.45, 7) is 4.42. The summed E-state index contributed by atoms with van der Waals surface area (Å²) in [6, 6.07) is 30.6. The molecular formula is C30H31NO3.